The summed E-state index contributed by atoms with van der Waals surface area (Å²) in [6, 6.07) is 9.97. The van der Waals surface area contributed by atoms with E-state index < -0.39 is 0 Å². The highest BCUT2D eigenvalue weighted by Crippen LogP contribution is 2.28. The van der Waals surface area contributed by atoms with Crippen molar-refractivity contribution in [1.82, 2.24) is 5.32 Å². The molecule has 1 aromatic rings. The van der Waals surface area contributed by atoms with Crippen LogP contribution in [-0.2, 0) is 4.74 Å². The van der Waals surface area contributed by atoms with Crippen molar-refractivity contribution >= 4 is 22.0 Å². The minimum absolute atomic E-state index is 0.0184. The van der Waals surface area contributed by atoms with Crippen molar-refractivity contribution < 1.29 is 9.53 Å². The van der Waals surface area contributed by atoms with Gasteiger partial charge in [-0.3, -0.25) is 0 Å². The zero-order valence-electron chi connectivity index (χ0n) is 7.44. The van der Waals surface area contributed by atoms with Crippen molar-refractivity contribution in [2.75, 3.05) is 6.61 Å². The highest BCUT2D eigenvalue weighted by molar-refractivity contribution is 9.09. The molecule has 1 aliphatic heterocycles. The Labute approximate surface area is 90.6 Å². The van der Waals surface area contributed by atoms with E-state index in [2.05, 4.69) is 21.2 Å². The number of hydrogen-bond acceptors (Lipinski definition) is 2. The van der Waals surface area contributed by atoms with Gasteiger partial charge < -0.3 is 10.1 Å². The lowest BCUT2D eigenvalue weighted by atomic mass is 10.1. The molecule has 1 fully saturated rings. The second kappa shape index (κ2) is 4.00. The fraction of sp³-hybridized carbons (Fsp3) is 0.300. The summed E-state index contributed by atoms with van der Waals surface area (Å²) in [6.45, 7) is 0.420. The SMILES string of the molecule is O=C1N[C@@H]([C@@H](Br)c2ccccc2)CO1. The summed E-state index contributed by atoms with van der Waals surface area (Å²) >= 11 is 3.55. The van der Waals surface area contributed by atoms with Crippen LogP contribution in [0.25, 0.3) is 0 Å². The molecule has 74 valence electrons. The van der Waals surface area contributed by atoms with Crippen LogP contribution in [0.3, 0.4) is 0 Å². The van der Waals surface area contributed by atoms with Gasteiger partial charge in [-0.25, -0.2) is 4.79 Å². The number of amides is 1. The minimum Gasteiger partial charge on any atom is -0.447 e. The van der Waals surface area contributed by atoms with Crippen LogP contribution in [0, 0.1) is 0 Å². The van der Waals surface area contributed by atoms with Gasteiger partial charge in [0.1, 0.15) is 6.61 Å². The van der Waals surface area contributed by atoms with Crippen LogP contribution >= 0.6 is 15.9 Å². The average Bonchev–Trinajstić information content (AvgIpc) is 2.65. The molecule has 1 aromatic carbocycles. The molecule has 0 saturated carbocycles. The molecule has 0 spiro atoms. The summed E-state index contributed by atoms with van der Waals surface area (Å²) in [5.41, 5.74) is 1.14. The molecular formula is C10H10BrNO2. The Hall–Kier alpha value is -1.03. The first kappa shape index (κ1) is 9.52. The summed E-state index contributed by atoms with van der Waals surface area (Å²) in [7, 11) is 0. The maximum absolute atomic E-state index is 10.8. The van der Waals surface area contributed by atoms with E-state index in [1.807, 2.05) is 30.3 Å². The normalized spacial score (nSPS) is 22.6. The predicted molar refractivity (Wildman–Crippen MR) is 56.4 cm³/mol. The molecule has 0 bridgehead atoms. The van der Waals surface area contributed by atoms with Gasteiger partial charge in [-0.1, -0.05) is 46.3 Å². The highest BCUT2D eigenvalue weighted by Gasteiger charge is 2.29. The van der Waals surface area contributed by atoms with Crippen molar-refractivity contribution in [1.29, 1.82) is 0 Å². The number of carbonyl (C=O) groups is 1. The molecule has 2 atom stereocenters. The molecule has 0 aromatic heterocycles. The van der Waals surface area contributed by atoms with Crippen LogP contribution in [0.15, 0.2) is 30.3 Å². The third-order valence-electron chi connectivity index (χ3n) is 2.17. The quantitative estimate of drug-likeness (QED) is 0.824. The van der Waals surface area contributed by atoms with Gasteiger partial charge in [0.2, 0.25) is 0 Å². The number of halogens is 1. The van der Waals surface area contributed by atoms with Crippen molar-refractivity contribution in [2.24, 2.45) is 0 Å². The smallest absolute Gasteiger partial charge is 0.407 e. The van der Waals surface area contributed by atoms with E-state index in [0.29, 0.717) is 6.61 Å². The van der Waals surface area contributed by atoms with Gasteiger partial charge in [0.25, 0.3) is 0 Å². The molecule has 1 N–H and O–H groups in total. The van der Waals surface area contributed by atoms with E-state index >= 15 is 0 Å². The van der Waals surface area contributed by atoms with E-state index in [1.165, 1.54) is 0 Å². The van der Waals surface area contributed by atoms with Crippen LogP contribution in [-0.4, -0.2) is 18.7 Å². The molecule has 3 nitrogen and oxygen atoms in total. The number of cyclic esters (lactones) is 1. The first-order chi connectivity index (χ1) is 6.77. The van der Waals surface area contributed by atoms with Crippen LogP contribution in [0.1, 0.15) is 10.4 Å². The lowest BCUT2D eigenvalue weighted by Gasteiger charge is -2.15. The Bertz CT molecular complexity index is 328. The van der Waals surface area contributed by atoms with Crippen molar-refractivity contribution in [3.63, 3.8) is 0 Å². The molecular weight excluding hydrogens is 246 g/mol. The molecule has 1 aliphatic rings. The van der Waals surface area contributed by atoms with E-state index in [0.717, 1.165) is 5.56 Å². The molecule has 1 heterocycles. The standard InChI is InChI=1S/C10H10BrNO2/c11-9(7-4-2-1-3-5-7)8-6-14-10(13)12-8/h1-5,8-9H,6H2,(H,12,13)/t8-,9+/m1/s1. The molecule has 1 saturated heterocycles. The summed E-state index contributed by atoms with van der Waals surface area (Å²) < 4.78 is 4.83. The lowest BCUT2D eigenvalue weighted by Crippen LogP contribution is -2.29. The Morgan fingerprint density at radius 3 is 2.71 bits per heavy atom. The maximum atomic E-state index is 10.8. The Kier molecular flexibility index (Phi) is 2.72. The zero-order valence-corrected chi connectivity index (χ0v) is 9.03. The second-order valence-electron chi connectivity index (χ2n) is 3.16. The fourth-order valence-electron chi connectivity index (χ4n) is 1.43. The van der Waals surface area contributed by atoms with E-state index in [9.17, 15) is 4.79 Å². The summed E-state index contributed by atoms with van der Waals surface area (Å²) in [5, 5.41) is 2.74. The van der Waals surface area contributed by atoms with Crippen LogP contribution in [0.5, 0.6) is 0 Å². The Morgan fingerprint density at radius 1 is 1.43 bits per heavy atom. The van der Waals surface area contributed by atoms with Crippen molar-refractivity contribution in [2.45, 2.75) is 10.9 Å². The van der Waals surface area contributed by atoms with Gasteiger partial charge >= 0.3 is 6.09 Å². The predicted octanol–water partition coefficient (Wildman–Crippen LogP) is 2.23. The first-order valence-electron chi connectivity index (χ1n) is 4.39. The third kappa shape index (κ3) is 1.90. The van der Waals surface area contributed by atoms with Gasteiger partial charge in [-0.05, 0) is 5.56 Å². The molecule has 0 unspecified atom stereocenters. The highest BCUT2D eigenvalue weighted by atomic mass is 79.9. The number of nitrogens with one attached hydrogen (secondary N) is 1. The van der Waals surface area contributed by atoms with Crippen molar-refractivity contribution in [3.05, 3.63) is 35.9 Å². The Morgan fingerprint density at radius 2 is 2.14 bits per heavy atom. The summed E-state index contributed by atoms with van der Waals surface area (Å²) in [6.07, 6.45) is -0.338. The van der Waals surface area contributed by atoms with E-state index in [4.69, 9.17) is 4.74 Å². The molecule has 1 amide bonds. The monoisotopic (exact) mass is 255 g/mol. The number of alkyl carbamates (subject to hydrolysis) is 1. The Balaban J connectivity index is 2.09. The summed E-state index contributed by atoms with van der Waals surface area (Å²) in [4.78, 5) is 10.9. The molecule has 2 rings (SSSR count). The van der Waals surface area contributed by atoms with E-state index in [1.54, 1.807) is 0 Å². The molecule has 0 radical (unpaired) electrons. The number of carbonyl (C=O) groups excluding carboxylic acids is 1. The van der Waals surface area contributed by atoms with Gasteiger partial charge in [0.15, 0.2) is 0 Å². The minimum atomic E-state index is -0.338. The van der Waals surface area contributed by atoms with E-state index in [-0.39, 0.29) is 17.0 Å². The number of ether oxygens (including phenoxy) is 1. The number of hydrogen-bond donors (Lipinski definition) is 1. The third-order valence-corrected chi connectivity index (χ3v) is 3.34. The van der Waals surface area contributed by atoms with Gasteiger partial charge in [-0.2, -0.15) is 0 Å². The van der Waals surface area contributed by atoms with Gasteiger partial charge in [0.05, 0.1) is 10.9 Å². The van der Waals surface area contributed by atoms with Gasteiger partial charge in [-0.15, -0.1) is 0 Å². The largest absolute Gasteiger partial charge is 0.447 e. The summed E-state index contributed by atoms with van der Waals surface area (Å²) in [5.74, 6) is 0. The van der Waals surface area contributed by atoms with Crippen LogP contribution < -0.4 is 5.32 Å². The van der Waals surface area contributed by atoms with Crippen LogP contribution in [0.2, 0.25) is 0 Å². The molecule has 4 heteroatoms. The maximum Gasteiger partial charge on any atom is 0.407 e. The molecule has 0 aliphatic carbocycles. The average molecular weight is 256 g/mol. The lowest BCUT2D eigenvalue weighted by molar-refractivity contribution is 0.177. The molecule has 14 heavy (non-hydrogen) atoms. The van der Waals surface area contributed by atoms with Gasteiger partial charge in [0, 0.05) is 0 Å². The topological polar surface area (TPSA) is 38.3 Å². The number of benzene rings is 1. The fourth-order valence-corrected chi connectivity index (χ4v) is 2.02. The zero-order chi connectivity index (χ0) is 9.97. The first-order valence-corrected chi connectivity index (χ1v) is 5.31. The van der Waals surface area contributed by atoms with Crippen molar-refractivity contribution in [3.8, 4) is 0 Å². The number of alkyl halides is 1. The second-order valence-corrected chi connectivity index (χ2v) is 4.15. The van der Waals surface area contributed by atoms with Crippen LogP contribution in [0.4, 0.5) is 4.79 Å². The number of rotatable bonds is 2.